The molecular weight excluding hydrogens is 713 g/mol. The van der Waals surface area contributed by atoms with Gasteiger partial charge in [0.05, 0.1) is 17.1 Å². The number of fused-ring (bicyclic) bond motifs is 3. The lowest BCUT2D eigenvalue weighted by Gasteiger charge is -2.22. The van der Waals surface area contributed by atoms with Crippen molar-refractivity contribution in [1.29, 1.82) is 0 Å². The number of benzene rings is 3. The average Bonchev–Trinajstić information content (AvgIpc) is 3.55. The maximum Gasteiger partial charge on any atom is 0.407 e. The molecule has 5 aromatic rings. The van der Waals surface area contributed by atoms with Crippen molar-refractivity contribution >= 4 is 57.4 Å². The number of carbonyl (C=O) groups is 4. The molecule has 2 aromatic heterocycles. The third-order valence-electron chi connectivity index (χ3n) is 9.46. The summed E-state index contributed by atoms with van der Waals surface area (Å²) in [6.45, 7) is 6.95. The van der Waals surface area contributed by atoms with Crippen molar-refractivity contribution in [2.45, 2.75) is 84.7 Å². The molecule has 0 bridgehead atoms. The number of carbonyl (C=O) groups excluding carboxylic acids is 4. The van der Waals surface area contributed by atoms with E-state index in [0.29, 0.717) is 30.0 Å². The van der Waals surface area contributed by atoms with Gasteiger partial charge in [-0.2, -0.15) is 0 Å². The van der Waals surface area contributed by atoms with Crippen molar-refractivity contribution < 1.29 is 23.9 Å². The predicted octanol–water partition coefficient (Wildman–Crippen LogP) is 4.84. The van der Waals surface area contributed by atoms with Gasteiger partial charge in [0.15, 0.2) is 5.82 Å². The van der Waals surface area contributed by atoms with Gasteiger partial charge in [-0.15, -0.1) is 0 Å². The van der Waals surface area contributed by atoms with E-state index in [4.69, 9.17) is 26.9 Å². The number of nitrogens with one attached hydrogen (secondary N) is 4. The van der Waals surface area contributed by atoms with Gasteiger partial charge in [-0.05, 0) is 60.1 Å². The number of alkyl carbamates (subject to hydrolysis) is 1. The Balaban J connectivity index is 1.13. The monoisotopic (exact) mass is 764 g/mol. The Morgan fingerprint density at radius 3 is 2.25 bits per heavy atom. The molecule has 0 fully saturated rings. The number of hydrogen-bond acceptors (Lipinski definition) is 9. The Hall–Kier alpha value is -6.22. The summed E-state index contributed by atoms with van der Waals surface area (Å²) in [6.07, 6.45) is 2.98. The second-order valence-electron chi connectivity index (χ2n) is 14.1. The lowest BCUT2D eigenvalue weighted by Crippen LogP contribution is -2.51. The number of amides is 5. The van der Waals surface area contributed by atoms with Crippen LogP contribution in [0.2, 0.25) is 0 Å². The summed E-state index contributed by atoms with van der Waals surface area (Å²) >= 11 is 0. The van der Waals surface area contributed by atoms with Crippen LogP contribution in [0.15, 0.2) is 72.8 Å². The number of primary amides is 1. The van der Waals surface area contributed by atoms with Crippen LogP contribution in [0.25, 0.3) is 21.9 Å². The quantitative estimate of drug-likeness (QED) is 0.0604. The van der Waals surface area contributed by atoms with Gasteiger partial charge < -0.3 is 47.8 Å². The van der Waals surface area contributed by atoms with Crippen LogP contribution in [0.4, 0.5) is 21.1 Å². The smallest absolute Gasteiger partial charge is 0.407 e. The number of unbranched alkanes of at least 4 members (excludes halogenated alkanes) is 1. The van der Waals surface area contributed by atoms with Crippen LogP contribution in [0.1, 0.15) is 69.0 Å². The number of para-hydroxylation sites is 1. The van der Waals surface area contributed by atoms with Gasteiger partial charge in [-0.25, -0.2) is 19.6 Å². The fraction of sp³-hybridized carbons (Fsp3) is 0.366. The zero-order valence-corrected chi connectivity index (χ0v) is 32.1. The summed E-state index contributed by atoms with van der Waals surface area (Å²) in [5.41, 5.74) is 23.2. The van der Waals surface area contributed by atoms with Crippen LogP contribution < -0.4 is 38.5 Å². The second-order valence-corrected chi connectivity index (χ2v) is 14.1. The number of nitrogens with two attached hydrogens (primary N) is 3. The molecule has 0 spiro atoms. The third kappa shape index (κ3) is 10.9. The van der Waals surface area contributed by atoms with E-state index in [1.807, 2.05) is 56.3 Å². The molecule has 5 amide bonds. The maximum absolute atomic E-state index is 13.1. The van der Waals surface area contributed by atoms with Crippen LogP contribution in [0, 0.1) is 5.92 Å². The summed E-state index contributed by atoms with van der Waals surface area (Å²) < 4.78 is 7.67. The molecule has 0 saturated carbocycles. The highest BCUT2D eigenvalue weighted by Gasteiger charge is 2.25. The minimum absolute atomic E-state index is 0.0194. The Morgan fingerprint density at radius 2 is 1.55 bits per heavy atom. The van der Waals surface area contributed by atoms with Crippen LogP contribution in [-0.2, 0) is 40.4 Å². The van der Waals surface area contributed by atoms with E-state index in [1.165, 1.54) is 0 Å². The minimum atomic E-state index is -0.885. The Kier molecular flexibility index (Phi) is 14.2. The van der Waals surface area contributed by atoms with E-state index in [0.717, 1.165) is 58.2 Å². The molecule has 2 atom stereocenters. The standard InChI is InChI=1S/C41H52N10O5/c1-4-5-12-33-50-35-36(30-9-6-7-10-31(30)48-37(35)43)51(33)23-27-15-13-26(14-16-27)22-46-41(55)56-24-28-17-19-29(20-18-28)47-38(52)32(11-8-21-45-40(44)54)49-39(53)34(42)25(2)3/h6-7,9-10,13-20,25,32,34H,4-5,8,11-12,21-24,42H2,1-3H3,(H2,43,48)(H,46,55)(H,47,52)(H,49,53)(H3,44,45,54)/t32-,34+/m0/s1. The number of urea groups is 1. The summed E-state index contributed by atoms with van der Waals surface area (Å²) in [5, 5.41) is 11.8. The lowest BCUT2D eigenvalue weighted by molar-refractivity contribution is -0.128. The Labute approximate surface area is 326 Å². The first-order chi connectivity index (χ1) is 26.9. The first-order valence-corrected chi connectivity index (χ1v) is 18.9. The topological polar surface area (TPSA) is 234 Å². The molecule has 10 N–H and O–H groups in total. The number of nitrogens with zero attached hydrogens (tertiary/aromatic N) is 3. The largest absolute Gasteiger partial charge is 0.445 e. The molecule has 2 heterocycles. The zero-order chi connectivity index (χ0) is 40.2. The lowest BCUT2D eigenvalue weighted by atomic mass is 10.0. The van der Waals surface area contributed by atoms with Crippen LogP contribution >= 0.6 is 0 Å². The molecule has 0 saturated heterocycles. The predicted molar refractivity (Wildman–Crippen MR) is 217 cm³/mol. The van der Waals surface area contributed by atoms with Crippen LogP contribution in [0.3, 0.4) is 0 Å². The summed E-state index contributed by atoms with van der Waals surface area (Å²) in [5.74, 6) is 0.400. The van der Waals surface area contributed by atoms with Gasteiger partial charge in [0.2, 0.25) is 11.8 Å². The van der Waals surface area contributed by atoms with E-state index in [-0.39, 0.29) is 32.0 Å². The maximum atomic E-state index is 13.1. The van der Waals surface area contributed by atoms with E-state index < -0.39 is 36.0 Å². The summed E-state index contributed by atoms with van der Waals surface area (Å²) in [7, 11) is 0. The third-order valence-corrected chi connectivity index (χ3v) is 9.46. The normalized spacial score (nSPS) is 12.3. The number of imidazole rings is 1. The van der Waals surface area contributed by atoms with Gasteiger partial charge >= 0.3 is 12.1 Å². The molecule has 0 radical (unpaired) electrons. The van der Waals surface area contributed by atoms with Gasteiger partial charge in [-0.3, -0.25) is 9.59 Å². The number of aryl methyl sites for hydroxylation is 1. The van der Waals surface area contributed by atoms with Gasteiger partial charge in [0.1, 0.15) is 24.0 Å². The number of anilines is 2. The number of hydrogen-bond donors (Lipinski definition) is 7. The fourth-order valence-corrected chi connectivity index (χ4v) is 6.19. The number of pyridine rings is 1. The highest BCUT2D eigenvalue weighted by Crippen LogP contribution is 2.30. The Bertz CT molecular complexity index is 2130. The van der Waals surface area contributed by atoms with Crippen molar-refractivity contribution in [3.63, 3.8) is 0 Å². The first kappa shape index (κ1) is 41.0. The van der Waals surface area contributed by atoms with Crippen molar-refractivity contribution in [2.75, 3.05) is 17.6 Å². The van der Waals surface area contributed by atoms with Gasteiger partial charge in [0, 0.05) is 37.1 Å². The molecule has 0 unspecified atom stereocenters. The molecule has 15 heteroatoms. The zero-order valence-electron chi connectivity index (χ0n) is 32.1. The van der Waals surface area contributed by atoms with Crippen molar-refractivity contribution in [1.82, 2.24) is 30.5 Å². The first-order valence-electron chi connectivity index (χ1n) is 18.9. The molecule has 0 aliphatic heterocycles. The van der Waals surface area contributed by atoms with Crippen LogP contribution in [0.5, 0.6) is 0 Å². The summed E-state index contributed by atoms with van der Waals surface area (Å²) in [4.78, 5) is 58.8. The van der Waals surface area contributed by atoms with E-state index >= 15 is 0 Å². The fourth-order valence-electron chi connectivity index (χ4n) is 6.19. The number of ether oxygens (including phenoxy) is 1. The summed E-state index contributed by atoms with van der Waals surface area (Å²) in [6, 6.07) is 20.5. The number of aromatic nitrogens is 3. The van der Waals surface area contributed by atoms with Gasteiger partial charge in [-0.1, -0.05) is 81.8 Å². The molecule has 296 valence electrons. The number of rotatable bonds is 18. The molecule has 0 aliphatic rings. The molecule has 15 nitrogen and oxygen atoms in total. The minimum Gasteiger partial charge on any atom is -0.445 e. The van der Waals surface area contributed by atoms with E-state index in [9.17, 15) is 19.2 Å². The second kappa shape index (κ2) is 19.4. The van der Waals surface area contributed by atoms with E-state index in [1.54, 1.807) is 24.3 Å². The van der Waals surface area contributed by atoms with Crippen molar-refractivity contribution in [3.05, 3.63) is 95.3 Å². The highest BCUT2D eigenvalue weighted by molar-refractivity contribution is 6.06. The van der Waals surface area contributed by atoms with Crippen LogP contribution in [-0.4, -0.2) is 57.1 Å². The van der Waals surface area contributed by atoms with Crippen molar-refractivity contribution in [2.24, 2.45) is 17.4 Å². The van der Waals surface area contributed by atoms with Gasteiger partial charge in [0.25, 0.3) is 0 Å². The highest BCUT2D eigenvalue weighted by atomic mass is 16.5. The Morgan fingerprint density at radius 1 is 0.857 bits per heavy atom. The molecule has 5 rings (SSSR count). The van der Waals surface area contributed by atoms with Crippen molar-refractivity contribution in [3.8, 4) is 0 Å². The number of nitrogen functional groups attached to an aromatic ring is 1. The molecule has 56 heavy (non-hydrogen) atoms. The average molecular weight is 765 g/mol. The molecular formula is C41H52N10O5. The SMILES string of the molecule is CCCCc1nc2c(N)nc3ccccc3c2n1Cc1ccc(CNC(=O)OCc2ccc(NC(=O)[C@H](CCCNC(N)=O)NC(=O)[C@H](N)C(C)C)cc2)cc1. The molecule has 3 aromatic carbocycles. The van der Waals surface area contributed by atoms with E-state index in [2.05, 4.69) is 43.8 Å². The molecule has 0 aliphatic carbocycles.